The molecule has 0 saturated carbocycles. The first-order valence-corrected chi connectivity index (χ1v) is 7.80. The van der Waals surface area contributed by atoms with Crippen molar-refractivity contribution in [2.75, 3.05) is 19.7 Å². The molecule has 0 aliphatic carbocycles. The summed E-state index contributed by atoms with van der Waals surface area (Å²) in [5.74, 6) is 0.700. The average molecular weight is 290 g/mol. The van der Waals surface area contributed by atoms with E-state index >= 15 is 0 Å². The van der Waals surface area contributed by atoms with Crippen molar-refractivity contribution in [3.8, 4) is 0 Å². The van der Waals surface area contributed by atoms with E-state index in [9.17, 15) is 4.79 Å². The number of hydrogen-bond acceptors (Lipinski definition) is 3. The van der Waals surface area contributed by atoms with E-state index in [-0.39, 0.29) is 11.9 Å². The minimum Gasteiger partial charge on any atom is -0.376 e. The molecular weight excluding hydrogens is 264 g/mol. The number of ether oxygens (including phenoxy) is 1. The molecule has 21 heavy (non-hydrogen) atoms. The highest BCUT2D eigenvalue weighted by molar-refractivity contribution is 5.76. The zero-order valence-electron chi connectivity index (χ0n) is 12.8. The minimum absolute atomic E-state index is 0.0987. The predicted molar refractivity (Wildman–Crippen MR) is 83.7 cm³/mol. The van der Waals surface area contributed by atoms with Crippen molar-refractivity contribution in [3.63, 3.8) is 0 Å². The Bertz CT molecular complexity index is 434. The highest BCUT2D eigenvalue weighted by Crippen LogP contribution is 2.18. The Hall–Kier alpha value is -1.39. The zero-order chi connectivity index (χ0) is 15.1. The van der Waals surface area contributed by atoms with Crippen molar-refractivity contribution in [1.82, 2.24) is 4.90 Å². The van der Waals surface area contributed by atoms with Gasteiger partial charge in [0.25, 0.3) is 0 Å². The summed E-state index contributed by atoms with van der Waals surface area (Å²) in [4.78, 5) is 14.0. The lowest BCUT2D eigenvalue weighted by atomic mass is 10.1. The lowest BCUT2D eigenvalue weighted by molar-refractivity contribution is -0.130. The van der Waals surface area contributed by atoms with Gasteiger partial charge in [-0.25, -0.2) is 0 Å². The summed E-state index contributed by atoms with van der Waals surface area (Å²) in [5.41, 5.74) is 6.89. The Balaban J connectivity index is 1.64. The molecule has 2 unspecified atom stereocenters. The maximum Gasteiger partial charge on any atom is 0.222 e. The summed E-state index contributed by atoms with van der Waals surface area (Å²) in [6.45, 7) is 5.00. The van der Waals surface area contributed by atoms with Crippen molar-refractivity contribution in [3.05, 3.63) is 35.9 Å². The van der Waals surface area contributed by atoms with Gasteiger partial charge in [-0.2, -0.15) is 0 Å². The van der Waals surface area contributed by atoms with Crippen LogP contribution in [0.15, 0.2) is 30.3 Å². The van der Waals surface area contributed by atoms with E-state index in [0.717, 1.165) is 32.5 Å². The van der Waals surface area contributed by atoms with Gasteiger partial charge < -0.3 is 15.4 Å². The second kappa shape index (κ2) is 8.15. The molecule has 2 rings (SSSR count). The first-order valence-electron chi connectivity index (χ1n) is 7.80. The number of nitrogens with zero attached hydrogens (tertiary/aromatic N) is 1. The minimum atomic E-state index is 0.0987. The van der Waals surface area contributed by atoms with Gasteiger partial charge in [0.05, 0.1) is 13.2 Å². The smallest absolute Gasteiger partial charge is 0.222 e. The number of hydrogen-bond donors (Lipinski definition) is 1. The molecule has 1 aromatic carbocycles. The van der Waals surface area contributed by atoms with Gasteiger partial charge in [0, 0.05) is 31.5 Å². The van der Waals surface area contributed by atoms with Crippen molar-refractivity contribution in [2.45, 2.75) is 38.8 Å². The third kappa shape index (κ3) is 5.48. The van der Waals surface area contributed by atoms with Crippen molar-refractivity contribution < 1.29 is 9.53 Å². The number of carbonyl (C=O) groups excluding carboxylic acids is 1. The Kier molecular flexibility index (Phi) is 6.21. The zero-order valence-corrected chi connectivity index (χ0v) is 12.8. The Morgan fingerprint density at radius 2 is 2.19 bits per heavy atom. The molecule has 1 amide bonds. The second-order valence-electron chi connectivity index (χ2n) is 6.01. The topological polar surface area (TPSA) is 55.6 Å². The van der Waals surface area contributed by atoms with Gasteiger partial charge in [-0.3, -0.25) is 4.79 Å². The second-order valence-corrected chi connectivity index (χ2v) is 6.01. The van der Waals surface area contributed by atoms with Crippen molar-refractivity contribution in [1.29, 1.82) is 0 Å². The highest BCUT2D eigenvalue weighted by atomic mass is 16.5. The molecule has 1 aliphatic rings. The monoisotopic (exact) mass is 290 g/mol. The molecule has 2 N–H and O–H groups in total. The van der Waals surface area contributed by atoms with Crippen LogP contribution in [-0.2, 0) is 16.1 Å². The molecule has 0 spiro atoms. The number of amides is 1. The number of rotatable bonds is 7. The summed E-state index contributed by atoms with van der Waals surface area (Å²) in [5, 5.41) is 0. The molecule has 1 saturated heterocycles. The number of nitrogens with two attached hydrogens (primary N) is 1. The first kappa shape index (κ1) is 16.0. The van der Waals surface area contributed by atoms with Crippen molar-refractivity contribution >= 4 is 5.91 Å². The van der Waals surface area contributed by atoms with Gasteiger partial charge in [0.2, 0.25) is 5.91 Å². The third-order valence-corrected chi connectivity index (χ3v) is 3.92. The van der Waals surface area contributed by atoms with Crippen LogP contribution in [0.3, 0.4) is 0 Å². The van der Waals surface area contributed by atoms with Crippen LogP contribution >= 0.6 is 0 Å². The molecule has 4 nitrogen and oxygen atoms in total. The average Bonchev–Trinajstić information content (AvgIpc) is 2.95. The maximum absolute atomic E-state index is 12.0. The van der Waals surface area contributed by atoms with Crippen LogP contribution in [0.1, 0.15) is 31.7 Å². The standard InChI is InChI=1S/C17H26N2O2/c1-14(18)7-8-17(20)19-10-9-16(11-19)13-21-12-15-5-3-2-4-6-15/h2-6,14,16H,7-13,18H2,1H3. The first-order chi connectivity index (χ1) is 10.1. The summed E-state index contributed by atoms with van der Waals surface area (Å²) >= 11 is 0. The molecule has 1 aromatic rings. The number of benzene rings is 1. The molecule has 1 heterocycles. The largest absolute Gasteiger partial charge is 0.376 e. The van der Waals surface area contributed by atoms with Crippen LogP contribution in [0.25, 0.3) is 0 Å². The molecule has 0 radical (unpaired) electrons. The lowest BCUT2D eigenvalue weighted by Gasteiger charge is -2.17. The molecule has 2 atom stereocenters. The lowest BCUT2D eigenvalue weighted by Crippen LogP contribution is -2.30. The molecule has 116 valence electrons. The Morgan fingerprint density at radius 3 is 2.90 bits per heavy atom. The van der Waals surface area contributed by atoms with Crippen LogP contribution < -0.4 is 5.73 Å². The van der Waals surface area contributed by atoms with E-state index in [1.807, 2.05) is 30.0 Å². The molecule has 0 bridgehead atoms. The number of likely N-dealkylation sites (tertiary alicyclic amines) is 1. The molecule has 4 heteroatoms. The predicted octanol–water partition coefficient (Wildman–Crippen LogP) is 2.18. The quantitative estimate of drug-likeness (QED) is 0.837. The fourth-order valence-electron chi connectivity index (χ4n) is 2.62. The van der Waals surface area contributed by atoms with Gasteiger partial charge in [0.15, 0.2) is 0 Å². The van der Waals surface area contributed by atoms with E-state index in [1.165, 1.54) is 5.56 Å². The van der Waals surface area contributed by atoms with E-state index in [1.54, 1.807) is 0 Å². The summed E-state index contributed by atoms with van der Waals surface area (Å²) in [7, 11) is 0. The van der Waals surface area contributed by atoms with Gasteiger partial charge >= 0.3 is 0 Å². The van der Waals surface area contributed by atoms with Crippen LogP contribution in [0.4, 0.5) is 0 Å². The Morgan fingerprint density at radius 1 is 1.43 bits per heavy atom. The summed E-state index contributed by atoms with van der Waals surface area (Å²) < 4.78 is 5.77. The van der Waals surface area contributed by atoms with Gasteiger partial charge in [-0.15, -0.1) is 0 Å². The summed E-state index contributed by atoms with van der Waals surface area (Å²) in [6.07, 6.45) is 2.37. The summed E-state index contributed by atoms with van der Waals surface area (Å²) in [6, 6.07) is 10.3. The van der Waals surface area contributed by atoms with E-state index < -0.39 is 0 Å². The van der Waals surface area contributed by atoms with E-state index in [0.29, 0.717) is 18.9 Å². The van der Waals surface area contributed by atoms with Crippen LogP contribution in [-0.4, -0.2) is 36.5 Å². The molecular formula is C17H26N2O2. The van der Waals surface area contributed by atoms with Crippen LogP contribution in [0.5, 0.6) is 0 Å². The van der Waals surface area contributed by atoms with Gasteiger partial charge in [-0.1, -0.05) is 30.3 Å². The van der Waals surface area contributed by atoms with Crippen LogP contribution in [0, 0.1) is 5.92 Å². The normalized spacial score (nSPS) is 19.7. The molecule has 1 fully saturated rings. The SMILES string of the molecule is CC(N)CCC(=O)N1CCC(COCc2ccccc2)C1. The van der Waals surface area contributed by atoms with E-state index in [2.05, 4.69) is 12.1 Å². The Labute approximate surface area is 127 Å². The maximum atomic E-state index is 12.0. The third-order valence-electron chi connectivity index (χ3n) is 3.92. The fraction of sp³-hybridized carbons (Fsp3) is 0.588. The fourth-order valence-corrected chi connectivity index (χ4v) is 2.62. The van der Waals surface area contributed by atoms with Crippen LogP contribution in [0.2, 0.25) is 0 Å². The van der Waals surface area contributed by atoms with E-state index in [4.69, 9.17) is 10.5 Å². The van der Waals surface area contributed by atoms with Gasteiger partial charge in [0.1, 0.15) is 0 Å². The molecule has 0 aromatic heterocycles. The highest BCUT2D eigenvalue weighted by Gasteiger charge is 2.26. The molecule has 1 aliphatic heterocycles. The van der Waals surface area contributed by atoms with Crippen molar-refractivity contribution in [2.24, 2.45) is 11.7 Å². The number of carbonyl (C=O) groups is 1. The van der Waals surface area contributed by atoms with Gasteiger partial charge in [-0.05, 0) is 25.3 Å².